The number of rotatable bonds is 5. The monoisotopic (exact) mass is 295 g/mol. The molecule has 0 radical (unpaired) electrons. The molecule has 0 fully saturated rings. The van der Waals surface area contributed by atoms with Gasteiger partial charge in [0.25, 0.3) is 0 Å². The number of oxime groups is 1. The van der Waals surface area contributed by atoms with Gasteiger partial charge in [-0.15, -0.1) is 0 Å². The fourth-order valence-electron chi connectivity index (χ4n) is 1.48. The van der Waals surface area contributed by atoms with Crippen LogP contribution >= 0.6 is 0 Å². The molecule has 0 amide bonds. The summed E-state index contributed by atoms with van der Waals surface area (Å²) in [5, 5.41) is 13.2. The summed E-state index contributed by atoms with van der Waals surface area (Å²) in [6.45, 7) is -0.679. The van der Waals surface area contributed by atoms with Crippen molar-refractivity contribution in [3.8, 4) is 5.75 Å². The van der Waals surface area contributed by atoms with E-state index < -0.39 is 30.3 Å². The summed E-state index contributed by atoms with van der Waals surface area (Å²) < 4.78 is 55.9. The molecule has 0 aromatic heterocycles. The van der Waals surface area contributed by atoms with Gasteiger partial charge in [-0.25, -0.2) is 4.39 Å². The van der Waals surface area contributed by atoms with E-state index in [2.05, 4.69) is 10.5 Å². The molecule has 0 spiro atoms. The number of methoxy groups -OCH3 is 1. The van der Waals surface area contributed by atoms with Gasteiger partial charge in [0, 0.05) is 12.6 Å². The van der Waals surface area contributed by atoms with Crippen LogP contribution < -0.4 is 15.8 Å². The summed E-state index contributed by atoms with van der Waals surface area (Å²) in [7, 11) is 1.25. The van der Waals surface area contributed by atoms with Gasteiger partial charge in [0.15, 0.2) is 5.84 Å². The molecule has 0 aliphatic heterocycles. The van der Waals surface area contributed by atoms with Crippen LogP contribution in [0.3, 0.4) is 0 Å². The summed E-state index contributed by atoms with van der Waals surface area (Å²) >= 11 is 0. The lowest BCUT2D eigenvalue weighted by atomic mass is 10.1. The van der Waals surface area contributed by atoms with Gasteiger partial charge in [0.05, 0.1) is 12.8 Å². The van der Waals surface area contributed by atoms with E-state index in [0.29, 0.717) is 0 Å². The Morgan fingerprint density at radius 1 is 1.50 bits per heavy atom. The van der Waals surface area contributed by atoms with Crippen LogP contribution in [0.2, 0.25) is 0 Å². The van der Waals surface area contributed by atoms with E-state index in [-0.39, 0.29) is 11.4 Å². The van der Waals surface area contributed by atoms with E-state index in [9.17, 15) is 17.6 Å². The molecule has 0 bridgehead atoms. The quantitative estimate of drug-likeness (QED) is 0.256. The van der Waals surface area contributed by atoms with Crippen molar-refractivity contribution in [1.29, 1.82) is 0 Å². The van der Waals surface area contributed by atoms with Gasteiger partial charge in [-0.05, 0) is 12.1 Å². The largest absolute Gasteiger partial charge is 0.494 e. The van der Waals surface area contributed by atoms with Crippen molar-refractivity contribution in [2.75, 3.05) is 19.0 Å². The Bertz CT molecular complexity index is 491. The lowest BCUT2D eigenvalue weighted by Gasteiger charge is -2.20. The molecule has 0 saturated heterocycles. The smallest absolute Gasteiger partial charge is 0.400 e. The zero-order chi connectivity index (χ0) is 15.3. The number of hydrogen-bond acceptors (Lipinski definition) is 4. The zero-order valence-corrected chi connectivity index (χ0v) is 10.4. The van der Waals surface area contributed by atoms with Crippen LogP contribution in [-0.2, 0) is 0 Å². The second-order valence-corrected chi connectivity index (χ2v) is 3.84. The van der Waals surface area contributed by atoms with E-state index in [1.165, 1.54) is 13.2 Å². The average molecular weight is 295 g/mol. The van der Waals surface area contributed by atoms with Gasteiger partial charge < -0.3 is 21.0 Å². The Kier molecular flexibility index (Phi) is 5.00. The van der Waals surface area contributed by atoms with Crippen molar-refractivity contribution >= 4 is 11.5 Å². The SMILES string of the molecule is COc1cc(F)ccc1NCC(/C(N)=N/O)C(F)(F)F. The Hall–Kier alpha value is -2.19. The van der Waals surface area contributed by atoms with Crippen molar-refractivity contribution in [2.24, 2.45) is 16.8 Å². The van der Waals surface area contributed by atoms with Gasteiger partial charge in [-0.3, -0.25) is 0 Å². The number of nitrogens with zero attached hydrogens (tertiary/aromatic N) is 1. The first-order valence-electron chi connectivity index (χ1n) is 5.41. The van der Waals surface area contributed by atoms with E-state index in [0.717, 1.165) is 12.1 Å². The molecule has 1 aromatic carbocycles. The molecule has 1 rings (SSSR count). The lowest BCUT2D eigenvalue weighted by molar-refractivity contribution is -0.152. The highest BCUT2D eigenvalue weighted by Gasteiger charge is 2.42. The van der Waals surface area contributed by atoms with Gasteiger partial charge >= 0.3 is 6.18 Å². The van der Waals surface area contributed by atoms with E-state index >= 15 is 0 Å². The third kappa shape index (κ3) is 3.90. The summed E-state index contributed by atoms with van der Waals surface area (Å²) in [5.74, 6) is -3.69. The van der Waals surface area contributed by atoms with Crippen molar-refractivity contribution in [3.63, 3.8) is 0 Å². The number of anilines is 1. The summed E-state index contributed by atoms with van der Waals surface area (Å²) in [6.07, 6.45) is -4.68. The highest BCUT2D eigenvalue weighted by atomic mass is 19.4. The van der Waals surface area contributed by atoms with Crippen LogP contribution in [0.1, 0.15) is 0 Å². The number of hydrogen-bond donors (Lipinski definition) is 3. The predicted molar refractivity (Wildman–Crippen MR) is 64.4 cm³/mol. The van der Waals surface area contributed by atoms with Crippen molar-refractivity contribution in [2.45, 2.75) is 6.18 Å². The molecule has 20 heavy (non-hydrogen) atoms. The molecule has 1 aromatic rings. The topological polar surface area (TPSA) is 79.9 Å². The van der Waals surface area contributed by atoms with Crippen molar-refractivity contribution < 1.29 is 27.5 Å². The maximum Gasteiger partial charge on any atom is 0.400 e. The first-order chi connectivity index (χ1) is 9.29. The van der Waals surface area contributed by atoms with Gasteiger partial charge in [-0.1, -0.05) is 5.16 Å². The molecule has 112 valence electrons. The summed E-state index contributed by atoms with van der Waals surface area (Å²) in [6, 6.07) is 3.32. The minimum atomic E-state index is -4.68. The average Bonchev–Trinajstić information content (AvgIpc) is 2.38. The number of ether oxygens (including phenoxy) is 1. The standard InChI is InChI=1S/C11H13F4N3O2/c1-20-9-4-6(12)2-3-8(9)17-5-7(10(16)18-19)11(13,14)15/h2-4,7,17,19H,5H2,1H3,(H2,16,18). The second-order valence-electron chi connectivity index (χ2n) is 3.84. The molecule has 0 aliphatic carbocycles. The molecular weight excluding hydrogens is 282 g/mol. The van der Waals surface area contributed by atoms with E-state index in [1.807, 2.05) is 0 Å². The third-order valence-electron chi connectivity index (χ3n) is 2.53. The van der Waals surface area contributed by atoms with Crippen LogP contribution in [0.25, 0.3) is 0 Å². The Morgan fingerprint density at radius 3 is 2.65 bits per heavy atom. The maximum atomic E-state index is 12.9. The lowest BCUT2D eigenvalue weighted by Crippen LogP contribution is -2.40. The number of amidine groups is 1. The van der Waals surface area contributed by atoms with Crippen molar-refractivity contribution in [1.82, 2.24) is 0 Å². The molecule has 9 heteroatoms. The molecular formula is C11H13F4N3O2. The third-order valence-corrected chi connectivity index (χ3v) is 2.53. The fraction of sp³-hybridized carbons (Fsp3) is 0.364. The molecule has 0 saturated carbocycles. The van der Waals surface area contributed by atoms with Crippen LogP contribution in [0, 0.1) is 11.7 Å². The minimum absolute atomic E-state index is 0.0467. The summed E-state index contributed by atoms with van der Waals surface area (Å²) in [4.78, 5) is 0. The molecule has 0 heterocycles. The highest BCUT2D eigenvalue weighted by Crippen LogP contribution is 2.29. The Balaban J connectivity index is 2.88. The first-order valence-corrected chi connectivity index (χ1v) is 5.41. The second kappa shape index (κ2) is 6.31. The predicted octanol–water partition coefficient (Wildman–Crippen LogP) is 2.17. The molecule has 0 aliphatic rings. The summed E-state index contributed by atoms with van der Waals surface area (Å²) in [5.41, 5.74) is 5.17. The van der Waals surface area contributed by atoms with E-state index in [1.54, 1.807) is 0 Å². The van der Waals surface area contributed by atoms with Crippen LogP contribution in [0.4, 0.5) is 23.2 Å². The number of benzene rings is 1. The molecule has 1 atom stereocenters. The maximum absolute atomic E-state index is 12.9. The fourth-order valence-corrected chi connectivity index (χ4v) is 1.48. The van der Waals surface area contributed by atoms with Crippen molar-refractivity contribution in [3.05, 3.63) is 24.0 Å². The zero-order valence-electron chi connectivity index (χ0n) is 10.4. The molecule has 1 unspecified atom stereocenters. The van der Waals surface area contributed by atoms with Gasteiger partial charge in [0.2, 0.25) is 0 Å². The number of halogens is 4. The molecule has 4 N–H and O–H groups in total. The van der Waals surface area contributed by atoms with Crippen LogP contribution in [-0.4, -0.2) is 30.9 Å². The van der Waals surface area contributed by atoms with Gasteiger partial charge in [-0.2, -0.15) is 13.2 Å². The number of nitrogens with one attached hydrogen (secondary N) is 1. The normalized spacial score (nSPS) is 13.9. The van der Waals surface area contributed by atoms with Gasteiger partial charge in [0.1, 0.15) is 17.5 Å². The Labute approximate surface area is 112 Å². The highest BCUT2D eigenvalue weighted by molar-refractivity contribution is 5.83. The minimum Gasteiger partial charge on any atom is -0.494 e. The molecule has 5 nitrogen and oxygen atoms in total. The van der Waals surface area contributed by atoms with E-state index in [4.69, 9.17) is 15.7 Å². The number of alkyl halides is 3. The van der Waals surface area contributed by atoms with Crippen LogP contribution in [0.5, 0.6) is 5.75 Å². The first kappa shape index (κ1) is 15.9. The Morgan fingerprint density at radius 2 is 2.15 bits per heavy atom. The van der Waals surface area contributed by atoms with Crippen LogP contribution in [0.15, 0.2) is 23.4 Å². The number of nitrogens with two attached hydrogens (primary N) is 1.